The van der Waals surface area contributed by atoms with E-state index in [0.717, 1.165) is 56.4 Å². The van der Waals surface area contributed by atoms with Gasteiger partial charge in [-0.2, -0.15) is 0 Å². The highest BCUT2D eigenvalue weighted by Gasteiger charge is 2.52. The summed E-state index contributed by atoms with van der Waals surface area (Å²) in [6.45, 7) is 1.04. The van der Waals surface area contributed by atoms with Crippen molar-refractivity contribution >= 4 is 17.8 Å². The third kappa shape index (κ3) is 3.70. The molecule has 1 N–H and O–H groups in total. The minimum atomic E-state index is -0.673. The van der Waals surface area contributed by atoms with Crippen molar-refractivity contribution in [2.75, 3.05) is 20.2 Å². The SMILES string of the molecule is COc1cccc(C2CCCN2C(=O)CCCN2C(=O)NC3(CCCC3)C2=O)c1. The molecule has 1 aromatic carbocycles. The number of nitrogens with one attached hydrogen (secondary N) is 1. The Balaban J connectivity index is 1.33. The number of methoxy groups -OCH3 is 1. The Morgan fingerprint density at radius 1 is 1.24 bits per heavy atom. The van der Waals surface area contributed by atoms with Gasteiger partial charge in [0, 0.05) is 19.5 Å². The van der Waals surface area contributed by atoms with E-state index in [1.807, 2.05) is 29.2 Å². The summed E-state index contributed by atoms with van der Waals surface area (Å²) in [5, 5.41) is 2.89. The van der Waals surface area contributed by atoms with E-state index in [2.05, 4.69) is 5.32 Å². The van der Waals surface area contributed by atoms with E-state index >= 15 is 0 Å². The van der Waals surface area contributed by atoms with Gasteiger partial charge in [0.2, 0.25) is 5.91 Å². The van der Waals surface area contributed by atoms with Crippen LogP contribution in [0.15, 0.2) is 24.3 Å². The molecule has 0 bridgehead atoms. The Bertz CT molecular complexity index is 803. The number of rotatable bonds is 6. The molecule has 3 fully saturated rings. The molecule has 29 heavy (non-hydrogen) atoms. The van der Waals surface area contributed by atoms with Crippen LogP contribution in [0.4, 0.5) is 4.79 Å². The second kappa shape index (κ2) is 8.05. The molecule has 3 aliphatic rings. The van der Waals surface area contributed by atoms with Crippen molar-refractivity contribution in [2.24, 2.45) is 0 Å². The van der Waals surface area contributed by atoms with Gasteiger partial charge in [-0.15, -0.1) is 0 Å². The smallest absolute Gasteiger partial charge is 0.325 e. The minimum Gasteiger partial charge on any atom is -0.497 e. The second-order valence-electron chi connectivity index (χ2n) is 8.30. The Kier molecular flexibility index (Phi) is 5.48. The Labute approximate surface area is 171 Å². The lowest BCUT2D eigenvalue weighted by molar-refractivity contribution is -0.134. The van der Waals surface area contributed by atoms with Gasteiger partial charge in [-0.25, -0.2) is 4.79 Å². The van der Waals surface area contributed by atoms with E-state index in [-0.39, 0.29) is 23.9 Å². The predicted octanol–water partition coefficient (Wildman–Crippen LogP) is 3.00. The highest BCUT2D eigenvalue weighted by Crippen LogP contribution is 2.36. The molecule has 2 heterocycles. The molecule has 7 nitrogen and oxygen atoms in total. The quantitative estimate of drug-likeness (QED) is 0.746. The Hall–Kier alpha value is -2.57. The van der Waals surface area contributed by atoms with Crippen LogP contribution in [0.5, 0.6) is 5.75 Å². The molecule has 1 spiro atoms. The van der Waals surface area contributed by atoms with Crippen molar-refractivity contribution in [3.63, 3.8) is 0 Å². The van der Waals surface area contributed by atoms with Crippen LogP contribution >= 0.6 is 0 Å². The first-order valence-electron chi connectivity index (χ1n) is 10.6. The molecule has 1 atom stereocenters. The monoisotopic (exact) mass is 399 g/mol. The maximum Gasteiger partial charge on any atom is 0.325 e. The molecule has 1 aromatic rings. The Morgan fingerprint density at radius 3 is 2.79 bits per heavy atom. The minimum absolute atomic E-state index is 0.0658. The number of imide groups is 1. The fourth-order valence-electron chi connectivity index (χ4n) is 4.99. The fraction of sp³-hybridized carbons (Fsp3) is 0.591. The lowest BCUT2D eigenvalue weighted by Crippen LogP contribution is -2.44. The molecular weight excluding hydrogens is 370 g/mol. The van der Waals surface area contributed by atoms with Gasteiger partial charge in [0.25, 0.3) is 5.91 Å². The number of nitrogens with zero attached hydrogens (tertiary/aromatic N) is 2. The molecule has 1 saturated carbocycles. The van der Waals surface area contributed by atoms with Crippen LogP contribution in [0.1, 0.15) is 63.0 Å². The third-order valence-corrected chi connectivity index (χ3v) is 6.53. The molecule has 4 rings (SSSR count). The fourth-order valence-corrected chi connectivity index (χ4v) is 4.99. The van der Waals surface area contributed by atoms with E-state index in [1.165, 1.54) is 4.90 Å². The van der Waals surface area contributed by atoms with Crippen molar-refractivity contribution < 1.29 is 19.1 Å². The number of likely N-dealkylation sites (tertiary alicyclic amines) is 1. The molecule has 7 heteroatoms. The summed E-state index contributed by atoms with van der Waals surface area (Å²) >= 11 is 0. The zero-order valence-corrected chi connectivity index (χ0v) is 17.0. The summed E-state index contributed by atoms with van der Waals surface area (Å²) in [7, 11) is 1.64. The average Bonchev–Trinajstić information content (AvgIpc) is 3.45. The molecule has 1 unspecified atom stereocenters. The van der Waals surface area contributed by atoms with E-state index in [4.69, 9.17) is 4.74 Å². The lowest BCUT2D eigenvalue weighted by Gasteiger charge is -2.26. The summed E-state index contributed by atoms with van der Waals surface area (Å²) in [6, 6.07) is 7.64. The normalized spacial score (nSPS) is 23.1. The number of hydrogen-bond acceptors (Lipinski definition) is 4. The lowest BCUT2D eigenvalue weighted by atomic mass is 9.98. The summed E-state index contributed by atoms with van der Waals surface area (Å²) in [5.41, 5.74) is 0.417. The average molecular weight is 399 g/mol. The first kappa shape index (κ1) is 19.7. The highest BCUT2D eigenvalue weighted by molar-refractivity contribution is 6.07. The van der Waals surface area contributed by atoms with Crippen LogP contribution in [0.3, 0.4) is 0 Å². The van der Waals surface area contributed by atoms with Gasteiger partial charge < -0.3 is 15.0 Å². The zero-order valence-electron chi connectivity index (χ0n) is 17.0. The molecule has 2 saturated heterocycles. The molecule has 156 valence electrons. The largest absolute Gasteiger partial charge is 0.497 e. The van der Waals surface area contributed by atoms with Crippen molar-refractivity contribution in [3.05, 3.63) is 29.8 Å². The molecule has 0 aromatic heterocycles. The summed E-state index contributed by atoms with van der Waals surface area (Å²) in [5.74, 6) is 0.766. The second-order valence-corrected chi connectivity index (χ2v) is 8.30. The van der Waals surface area contributed by atoms with Crippen LogP contribution in [0, 0.1) is 0 Å². The van der Waals surface area contributed by atoms with Crippen molar-refractivity contribution in [3.8, 4) is 5.75 Å². The summed E-state index contributed by atoms with van der Waals surface area (Å²) in [4.78, 5) is 41.1. The van der Waals surface area contributed by atoms with Gasteiger partial charge in [-0.3, -0.25) is 14.5 Å². The van der Waals surface area contributed by atoms with E-state index in [9.17, 15) is 14.4 Å². The van der Waals surface area contributed by atoms with Gasteiger partial charge >= 0.3 is 6.03 Å². The van der Waals surface area contributed by atoms with Gasteiger partial charge in [-0.05, 0) is 49.8 Å². The van der Waals surface area contributed by atoms with Crippen LogP contribution in [-0.2, 0) is 9.59 Å². The third-order valence-electron chi connectivity index (χ3n) is 6.53. The number of amides is 4. The van der Waals surface area contributed by atoms with E-state index < -0.39 is 5.54 Å². The maximum atomic E-state index is 12.9. The van der Waals surface area contributed by atoms with Crippen LogP contribution < -0.4 is 10.1 Å². The number of carbonyl (C=O) groups is 3. The van der Waals surface area contributed by atoms with E-state index in [0.29, 0.717) is 19.4 Å². The van der Waals surface area contributed by atoms with Gasteiger partial charge in [0.1, 0.15) is 11.3 Å². The van der Waals surface area contributed by atoms with E-state index in [1.54, 1.807) is 7.11 Å². The van der Waals surface area contributed by atoms with Crippen molar-refractivity contribution in [1.29, 1.82) is 0 Å². The molecule has 2 aliphatic heterocycles. The zero-order chi connectivity index (χ0) is 20.4. The number of benzene rings is 1. The highest BCUT2D eigenvalue weighted by atomic mass is 16.5. The summed E-state index contributed by atoms with van der Waals surface area (Å²) in [6.07, 6.45) is 6.14. The number of urea groups is 1. The van der Waals surface area contributed by atoms with Crippen molar-refractivity contribution in [2.45, 2.75) is 62.9 Å². The van der Waals surface area contributed by atoms with Crippen LogP contribution in [0.2, 0.25) is 0 Å². The molecular formula is C22H29N3O4. The first-order chi connectivity index (χ1) is 14.0. The van der Waals surface area contributed by atoms with Gasteiger partial charge in [-0.1, -0.05) is 25.0 Å². The van der Waals surface area contributed by atoms with Gasteiger partial charge in [0.05, 0.1) is 13.2 Å². The number of carbonyl (C=O) groups excluding carboxylic acids is 3. The topological polar surface area (TPSA) is 79.0 Å². The van der Waals surface area contributed by atoms with Gasteiger partial charge in [0.15, 0.2) is 0 Å². The van der Waals surface area contributed by atoms with Crippen molar-refractivity contribution in [1.82, 2.24) is 15.1 Å². The maximum absolute atomic E-state index is 12.9. The predicted molar refractivity (Wildman–Crippen MR) is 107 cm³/mol. The first-order valence-corrected chi connectivity index (χ1v) is 10.6. The molecule has 1 aliphatic carbocycles. The van der Waals surface area contributed by atoms with Crippen LogP contribution in [-0.4, -0.2) is 53.4 Å². The number of hydrogen-bond donors (Lipinski definition) is 1. The standard InChI is InChI=1S/C22H29N3O4/c1-29-17-8-4-7-16(15-17)18-9-5-13-24(18)19(26)10-6-14-25-20(27)22(23-21(25)28)11-2-3-12-22/h4,7-8,15,18H,2-3,5-6,9-14H2,1H3,(H,23,28). The summed E-state index contributed by atoms with van der Waals surface area (Å²) < 4.78 is 5.31. The molecule has 0 radical (unpaired) electrons. The molecule has 4 amide bonds. The number of ether oxygens (including phenoxy) is 1. The Morgan fingerprint density at radius 2 is 2.03 bits per heavy atom. The van der Waals surface area contributed by atoms with Crippen LogP contribution in [0.25, 0.3) is 0 Å².